The highest BCUT2D eigenvalue weighted by Crippen LogP contribution is 2.40. The van der Waals surface area contributed by atoms with Gasteiger partial charge < -0.3 is 19.7 Å². The number of H-pyrrole nitrogens is 1. The number of ketones is 1. The van der Waals surface area contributed by atoms with Crippen LogP contribution in [0.5, 0.6) is 5.75 Å². The minimum absolute atomic E-state index is 0.0920. The van der Waals surface area contributed by atoms with E-state index in [2.05, 4.69) is 4.98 Å². The molecule has 0 saturated carbocycles. The van der Waals surface area contributed by atoms with E-state index in [9.17, 15) is 14.7 Å². The third kappa shape index (κ3) is 4.00. The van der Waals surface area contributed by atoms with E-state index in [1.54, 1.807) is 36.3 Å². The molecule has 6 rings (SSSR count). The van der Waals surface area contributed by atoms with Crippen molar-refractivity contribution in [1.82, 2.24) is 9.88 Å². The van der Waals surface area contributed by atoms with Crippen LogP contribution >= 0.6 is 0 Å². The fourth-order valence-corrected chi connectivity index (χ4v) is 5.32. The molecule has 1 unspecified atom stereocenters. The summed E-state index contributed by atoms with van der Waals surface area (Å²) in [5, 5.41) is 14.5. The van der Waals surface area contributed by atoms with Gasteiger partial charge >= 0.3 is 0 Å². The summed E-state index contributed by atoms with van der Waals surface area (Å²) in [6, 6.07) is 27.9. The number of ether oxygens (including phenoxy) is 1. The number of aliphatic hydroxyl groups is 1. The van der Waals surface area contributed by atoms with Gasteiger partial charge in [-0.15, -0.1) is 0 Å². The van der Waals surface area contributed by atoms with Crippen LogP contribution in [0, 0.1) is 0 Å². The number of rotatable bonds is 6. The minimum atomic E-state index is -0.716. The maximum atomic E-state index is 13.4. The minimum Gasteiger partial charge on any atom is -0.507 e. The zero-order chi connectivity index (χ0) is 26.2. The van der Waals surface area contributed by atoms with Crippen molar-refractivity contribution >= 4 is 39.1 Å². The van der Waals surface area contributed by atoms with E-state index < -0.39 is 17.7 Å². The number of aliphatic hydroxyl groups excluding tert-OH is 1. The summed E-state index contributed by atoms with van der Waals surface area (Å²) in [6.45, 7) is 0.323. The van der Waals surface area contributed by atoms with Crippen molar-refractivity contribution in [2.75, 3.05) is 13.7 Å². The van der Waals surface area contributed by atoms with Crippen molar-refractivity contribution in [1.29, 1.82) is 0 Å². The topological polar surface area (TPSA) is 82.6 Å². The highest BCUT2D eigenvalue weighted by molar-refractivity contribution is 6.46. The molecule has 0 bridgehead atoms. The molecule has 6 nitrogen and oxygen atoms in total. The molecule has 1 aromatic heterocycles. The molecule has 1 aliphatic heterocycles. The van der Waals surface area contributed by atoms with Crippen LogP contribution in [0.4, 0.5) is 0 Å². The molecule has 1 aliphatic rings. The Morgan fingerprint density at radius 2 is 1.66 bits per heavy atom. The summed E-state index contributed by atoms with van der Waals surface area (Å²) >= 11 is 0. The van der Waals surface area contributed by atoms with Crippen LogP contribution in [0.15, 0.2) is 103 Å². The molecule has 38 heavy (non-hydrogen) atoms. The number of carbonyl (C=O) groups excluding carboxylic acids is 2. The highest BCUT2D eigenvalue weighted by atomic mass is 16.5. The molecule has 4 aromatic carbocycles. The summed E-state index contributed by atoms with van der Waals surface area (Å²) in [4.78, 5) is 31.7. The number of methoxy groups -OCH3 is 1. The number of nitrogens with zero attached hydrogens (tertiary/aromatic N) is 1. The van der Waals surface area contributed by atoms with Crippen molar-refractivity contribution < 1.29 is 19.4 Å². The number of nitrogens with one attached hydrogen (secondary N) is 1. The summed E-state index contributed by atoms with van der Waals surface area (Å²) in [5.74, 6) is -0.862. The second-order valence-electron chi connectivity index (χ2n) is 9.44. The number of likely N-dealkylation sites (tertiary alicyclic amines) is 1. The van der Waals surface area contributed by atoms with Crippen molar-refractivity contribution in [2.45, 2.75) is 12.5 Å². The first-order valence-electron chi connectivity index (χ1n) is 12.5. The number of para-hydroxylation sites is 1. The van der Waals surface area contributed by atoms with E-state index in [-0.39, 0.29) is 11.3 Å². The Hall–Kier alpha value is -4.84. The Morgan fingerprint density at radius 3 is 2.45 bits per heavy atom. The van der Waals surface area contributed by atoms with Gasteiger partial charge in [-0.05, 0) is 64.7 Å². The smallest absolute Gasteiger partial charge is 0.295 e. The third-order valence-corrected chi connectivity index (χ3v) is 7.29. The van der Waals surface area contributed by atoms with Crippen molar-refractivity contribution in [3.63, 3.8) is 0 Å². The molecule has 2 heterocycles. The van der Waals surface area contributed by atoms with Gasteiger partial charge in [0.1, 0.15) is 11.5 Å². The molecule has 5 aromatic rings. The lowest BCUT2D eigenvalue weighted by Gasteiger charge is -2.25. The Morgan fingerprint density at radius 1 is 0.921 bits per heavy atom. The first-order chi connectivity index (χ1) is 18.5. The lowest BCUT2D eigenvalue weighted by molar-refractivity contribution is -0.139. The second-order valence-corrected chi connectivity index (χ2v) is 9.44. The highest BCUT2D eigenvalue weighted by Gasteiger charge is 2.46. The number of hydrogen-bond donors (Lipinski definition) is 2. The van der Waals surface area contributed by atoms with Crippen molar-refractivity contribution in [3.05, 3.63) is 119 Å². The lowest BCUT2D eigenvalue weighted by atomic mass is 9.93. The van der Waals surface area contributed by atoms with Crippen LogP contribution in [-0.2, 0) is 16.0 Å². The lowest BCUT2D eigenvalue weighted by Crippen LogP contribution is -2.31. The number of carbonyl (C=O) groups is 2. The Bertz CT molecular complexity index is 1710. The predicted octanol–water partition coefficient (Wildman–Crippen LogP) is 5.99. The van der Waals surface area contributed by atoms with Crippen LogP contribution in [0.1, 0.15) is 22.7 Å². The van der Waals surface area contributed by atoms with Gasteiger partial charge in [0.05, 0.1) is 18.7 Å². The van der Waals surface area contributed by atoms with Crippen LogP contribution in [-0.4, -0.2) is 40.3 Å². The molecule has 6 heteroatoms. The van der Waals surface area contributed by atoms with Crippen LogP contribution < -0.4 is 4.74 Å². The van der Waals surface area contributed by atoms with Gasteiger partial charge in [0.25, 0.3) is 11.7 Å². The molecule has 1 amide bonds. The average molecular weight is 503 g/mol. The fourth-order valence-electron chi connectivity index (χ4n) is 5.32. The van der Waals surface area contributed by atoms with Crippen LogP contribution in [0.25, 0.3) is 27.4 Å². The Kier molecular flexibility index (Phi) is 5.92. The molecule has 0 aliphatic carbocycles. The van der Waals surface area contributed by atoms with Crippen molar-refractivity contribution in [3.8, 4) is 5.75 Å². The first-order valence-corrected chi connectivity index (χ1v) is 12.5. The summed E-state index contributed by atoms with van der Waals surface area (Å²) < 4.78 is 5.23. The summed E-state index contributed by atoms with van der Waals surface area (Å²) in [5.41, 5.74) is 3.41. The van der Waals surface area contributed by atoms with Gasteiger partial charge in [-0.1, -0.05) is 54.6 Å². The van der Waals surface area contributed by atoms with E-state index >= 15 is 0 Å². The van der Waals surface area contributed by atoms with Gasteiger partial charge in [-0.2, -0.15) is 0 Å². The number of Topliss-reactive ketones (excluding diaryl/α,β-unsaturated/α-hetero) is 1. The van der Waals surface area contributed by atoms with E-state index in [0.717, 1.165) is 32.8 Å². The molecular formula is C32H26N2O4. The molecule has 0 spiro atoms. The molecule has 1 fully saturated rings. The normalized spacial score (nSPS) is 17.0. The summed E-state index contributed by atoms with van der Waals surface area (Å²) in [7, 11) is 1.56. The number of aromatic amines is 1. The predicted molar refractivity (Wildman–Crippen MR) is 148 cm³/mol. The Labute approximate surface area is 219 Å². The molecule has 0 radical (unpaired) electrons. The Balaban J connectivity index is 1.44. The van der Waals surface area contributed by atoms with E-state index in [0.29, 0.717) is 24.3 Å². The van der Waals surface area contributed by atoms with Crippen LogP contribution in [0.2, 0.25) is 0 Å². The number of amides is 1. The number of fused-ring (bicyclic) bond motifs is 2. The van der Waals surface area contributed by atoms with Crippen molar-refractivity contribution in [2.24, 2.45) is 0 Å². The molecule has 1 saturated heterocycles. The fraction of sp³-hybridized carbons (Fsp3) is 0.125. The largest absolute Gasteiger partial charge is 0.507 e. The van der Waals surface area contributed by atoms with E-state index in [1.807, 2.05) is 72.9 Å². The first kappa shape index (κ1) is 23.6. The van der Waals surface area contributed by atoms with Gasteiger partial charge in [0.2, 0.25) is 0 Å². The zero-order valence-electron chi connectivity index (χ0n) is 20.8. The zero-order valence-corrected chi connectivity index (χ0v) is 20.8. The molecule has 188 valence electrons. The molecule has 2 N–H and O–H groups in total. The quantitative estimate of drug-likeness (QED) is 0.170. The SMILES string of the molecule is COc1ccc(C(O)=C2C(=O)C(=O)N(CCc3c[nH]c4ccccc34)C2c2ccc3ccccc3c2)cc1. The van der Waals surface area contributed by atoms with Gasteiger partial charge in [-0.25, -0.2) is 0 Å². The maximum absolute atomic E-state index is 13.4. The third-order valence-electron chi connectivity index (χ3n) is 7.29. The van der Waals surface area contributed by atoms with Gasteiger partial charge in [0.15, 0.2) is 0 Å². The van der Waals surface area contributed by atoms with E-state index in [4.69, 9.17) is 4.74 Å². The maximum Gasteiger partial charge on any atom is 0.295 e. The monoisotopic (exact) mass is 502 g/mol. The van der Waals surface area contributed by atoms with E-state index in [1.165, 1.54) is 0 Å². The second kappa shape index (κ2) is 9.56. The number of aromatic nitrogens is 1. The number of benzene rings is 4. The number of hydrogen-bond acceptors (Lipinski definition) is 4. The van der Waals surface area contributed by atoms with Gasteiger partial charge in [0, 0.05) is 29.2 Å². The van der Waals surface area contributed by atoms with Crippen LogP contribution in [0.3, 0.4) is 0 Å². The molecular weight excluding hydrogens is 476 g/mol. The summed E-state index contributed by atoms with van der Waals surface area (Å²) in [6.07, 6.45) is 2.51. The average Bonchev–Trinajstić information content (AvgIpc) is 3.49. The van der Waals surface area contributed by atoms with Gasteiger partial charge in [-0.3, -0.25) is 9.59 Å². The standard InChI is InChI=1S/C32H26N2O4/c1-38-25-14-12-21(13-15-25)30(35)28-29(23-11-10-20-6-2-3-7-22(20)18-23)34(32(37)31(28)36)17-16-24-19-33-27-9-5-4-8-26(24)27/h2-15,18-19,29,33,35H,16-17H2,1H3. The molecule has 1 atom stereocenters.